The van der Waals surface area contributed by atoms with Crippen LogP contribution in [0.1, 0.15) is 20.3 Å². The number of rotatable bonds is 5. The third-order valence-corrected chi connectivity index (χ3v) is 3.40. The van der Waals surface area contributed by atoms with E-state index < -0.39 is 11.0 Å². The lowest BCUT2D eigenvalue weighted by molar-refractivity contribution is -0.384. The molecule has 0 bridgehead atoms. The van der Waals surface area contributed by atoms with Crippen molar-refractivity contribution < 1.29 is 9.72 Å². The minimum absolute atomic E-state index is 0.0789. The Hall–Kier alpha value is -2.38. The Kier molecular flexibility index (Phi) is 4.56. The van der Waals surface area contributed by atoms with Crippen molar-refractivity contribution in [2.75, 3.05) is 29.9 Å². The molecule has 1 unspecified atom stereocenters. The van der Waals surface area contributed by atoms with Crippen molar-refractivity contribution in [1.82, 2.24) is 10.3 Å². The Morgan fingerprint density at radius 1 is 1.52 bits per heavy atom. The van der Waals surface area contributed by atoms with Gasteiger partial charge < -0.3 is 15.5 Å². The highest BCUT2D eigenvalue weighted by molar-refractivity contribution is 5.87. The van der Waals surface area contributed by atoms with Crippen LogP contribution in [-0.4, -0.2) is 41.5 Å². The smallest absolute Gasteiger partial charge is 0.311 e. The summed E-state index contributed by atoms with van der Waals surface area (Å²) >= 11 is 0. The van der Waals surface area contributed by atoms with Gasteiger partial charge in [0.05, 0.1) is 4.92 Å². The summed E-state index contributed by atoms with van der Waals surface area (Å²) in [6, 6.07) is 2.58. The van der Waals surface area contributed by atoms with Gasteiger partial charge in [0.2, 0.25) is 11.7 Å². The molecule has 1 aliphatic rings. The number of nitrogens with one attached hydrogen (secondary N) is 2. The second-order valence-corrected chi connectivity index (χ2v) is 4.74. The van der Waals surface area contributed by atoms with Crippen LogP contribution in [0.4, 0.5) is 17.3 Å². The fourth-order valence-electron chi connectivity index (χ4n) is 2.45. The first kappa shape index (κ1) is 15.0. The Bertz CT molecular complexity index is 549. The molecule has 114 valence electrons. The van der Waals surface area contributed by atoms with E-state index in [2.05, 4.69) is 15.6 Å². The molecule has 2 rings (SSSR count). The van der Waals surface area contributed by atoms with E-state index in [-0.39, 0.29) is 17.4 Å². The number of anilines is 2. The summed E-state index contributed by atoms with van der Waals surface area (Å²) < 4.78 is 0. The highest BCUT2D eigenvalue weighted by Crippen LogP contribution is 2.30. The van der Waals surface area contributed by atoms with Crippen LogP contribution in [0.25, 0.3) is 0 Å². The first-order chi connectivity index (χ1) is 10.1. The van der Waals surface area contributed by atoms with E-state index >= 15 is 0 Å². The molecule has 0 spiro atoms. The molecule has 1 aromatic heterocycles. The van der Waals surface area contributed by atoms with Gasteiger partial charge in [0.1, 0.15) is 11.9 Å². The van der Waals surface area contributed by atoms with Crippen molar-refractivity contribution in [2.24, 2.45) is 0 Å². The molecule has 2 N–H and O–H groups in total. The number of amides is 1. The van der Waals surface area contributed by atoms with Crippen LogP contribution in [0.15, 0.2) is 12.1 Å². The average molecular weight is 293 g/mol. The number of carbonyl (C=O) groups excluding carboxylic acids is 1. The van der Waals surface area contributed by atoms with E-state index in [0.29, 0.717) is 31.9 Å². The molecule has 1 amide bonds. The molecule has 0 radical (unpaired) electrons. The molecule has 1 fully saturated rings. The summed E-state index contributed by atoms with van der Waals surface area (Å²) in [5.74, 6) is 0.702. The van der Waals surface area contributed by atoms with Gasteiger partial charge in [-0.15, -0.1) is 0 Å². The first-order valence-electron chi connectivity index (χ1n) is 7.02. The van der Waals surface area contributed by atoms with Crippen LogP contribution in [0.5, 0.6) is 0 Å². The molecule has 8 nitrogen and oxygen atoms in total. The zero-order valence-electron chi connectivity index (χ0n) is 12.1. The Balaban J connectivity index is 2.45. The van der Waals surface area contributed by atoms with Crippen molar-refractivity contribution in [3.63, 3.8) is 0 Å². The molecule has 1 saturated heterocycles. The van der Waals surface area contributed by atoms with E-state index in [0.717, 1.165) is 0 Å². The zero-order chi connectivity index (χ0) is 15.4. The van der Waals surface area contributed by atoms with Crippen LogP contribution in [0, 0.1) is 10.1 Å². The second kappa shape index (κ2) is 6.38. The fourth-order valence-corrected chi connectivity index (χ4v) is 2.45. The minimum atomic E-state index is -0.461. The standard InChI is InChI=1S/C13H19N5O3/c1-3-9-13(19)15-7-8-17(9)12-10(18(20)21)5-6-11(16-12)14-4-2/h5-6,9H,3-4,7-8H2,1-2H3,(H,14,16)(H,15,19). The molecule has 1 aliphatic heterocycles. The highest BCUT2D eigenvalue weighted by Gasteiger charge is 2.33. The summed E-state index contributed by atoms with van der Waals surface area (Å²) in [5.41, 5.74) is -0.0789. The molecule has 21 heavy (non-hydrogen) atoms. The normalized spacial score (nSPS) is 18.3. The van der Waals surface area contributed by atoms with Crippen molar-refractivity contribution >= 4 is 23.2 Å². The summed E-state index contributed by atoms with van der Waals surface area (Å²) in [5, 5.41) is 17.0. The minimum Gasteiger partial charge on any atom is -0.370 e. The summed E-state index contributed by atoms with van der Waals surface area (Å²) in [6.45, 7) is 5.43. The Labute approximate surface area is 122 Å². The van der Waals surface area contributed by atoms with Crippen LogP contribution < -0.4 is 15.5 Å². The summed E-state index contributed by atoms with van der Waals surface area (Å²) in [6.07, 6.45) is 0.566. The molecule has 8 heteroatoms. The van der Waals surface area contributed by atoms with Crippen molar-refractivity contribution in [2.45, 2.75) is 26.3 Å². The topological polar surface area (TPSA) is 100 Å². The SMILES string of the molecule is CCNc1ccc([N+](=O)[O-])c(N2CCNC(=O)C2CC)n1. The van der Waals surface area contributed by atoms with Crippen molar-refractivity contribution in [1.29, 1.82) is 0 Å². The van der Waals surface area contributed by atoms with E-state index in [1.807, 2.05) is 13.8 Å². The number of hydrogen-bond acceptors (Lipinski definition) is 6. The number of nitrogens with zero attached hydrogens (tertiary/aromatic N) is 3. The van der Waals surface area contributed by atoms with Crippen LogP contribution in [0.3, 0.4) is 0 Å². The molecule has 1 aromatic rings. The number of aromatic nitrogens is 1. The van der Waals surface area contributed by atoms with E-state index in [4.69, 9.17) is 0 Å². The lowest BCUT2D eigenvalue weighted by Crippen LogP contribution is -2.55. The number of carbonyl (C=O) groups is 1. The van der Waals surface area contributed by atoms with Gasteiger partial charge >= 0.3 is 5.69 Å². The predicted octanol–water partition coefficient (Wildman–Crippen LogP) is 1.14. The number of pyridine rings is 1. The lowest BCUT2D eigenvalue weighted by atomic mass is 10.1. The third-order valence-electron chi connectivity index (χ3n) is 3.40. The molecule has 0 saturated carbocycles. The fraction of sp³-hybridized carbons (Fsp3) is 0.538. The third kappa shape index (κ3) is 3.04. The Morgan fingerprint density at radius 2 is 2.29 bits per heavy atom. The van der Waals surface area contributed by atoms with Gasteiger partial charge in [-0.2, -0.15) is 0 Å². The van der Waals surface area contributed by atoms with Gasteiger partial charge in [-0.1, -0.05) is 6.92 Å². The maximum atomic E-state index is 11.9. The quantitative estimate of drug-likeness (QED) is 0.623. The van der Waals surface area contributed by atoms with Crippen molar-refractivity contribution in [3.8, 4) is 0 Å². The average Bonchev–Trinajstić information content (AvgIpc) is 2.47. The number of hydrogen-bond donors (Lipinski definition) is 2. The molecule has 1 atom stereocenters. The predicted molar refractivity (Wildman–Crippen MR) is 79.5 cm³/mol. The lowest BCUT2D eigenvalue weighted by Gasteiger charge is -2.35. The maximum absolute atomic E-state index is 11.9. The van der Waals surface area contributed by atoms with Crippen LogP contribution in [-0.2, 0) is 4.79 Å². The highest BCUT2D eigenvalue weighted by atomic mass is 16.6. The van der Waals surface area contributed by atoms with E-state index in [1.165, 1.54) is 6.07 Å². The number of piperazine rings is 1. The van der Waals surface area contributed by atoms with Gasteiger partial charge in [-0.25, -0.2) is 4.98 Å². The van der Waals surface area contributed by atoms with Gasteiger partial charge in [0, 0.05) is 25.7 Å². The van der Waals surface area contributed by atoms with Gasteiger partial charge in [0.15, 0.2) is 0 Å². The van der Waals surface area contributed by atoms with Gasteiger partial charge in [0.25, 0.3) is 0 Å². The summed E-state index contributed by atoms with van der Waals surface area (Å²) in [7, 11) is 0. The monoisotopic (exact) mass is 293 g/mol. The molecular formula is C13H19N5O3. The molecule has 2 heterocycles. The van der Waals surface area contributed by atoms with E-state index in [9.17, 15) is 14.9 Å². The van der Waals surface area contributed by atoms with Crippen molar-refractivity contribution in [3.05, 3.63) is 22.2 Å². The zero-order valence-corrected chi connectivity index (χ0v) is 12.1. The summed E-state index contributed by atoms with van der Waals surface area (Å²) in [4.78, 5) is 28.8. The van der Waals surface area contributed by atoms with Gasteiger partial charge in [-0.3, -0.25) is 14.9 Å². The maximum Gasteiger partial charge on any atom is 0.311 e. The molecular weight excluding hydrogens is 274 g/mol. The molecule has 0 aromatic carbocycles. The number of nitro groups is 1. The second-order valence-electron chi connectivity index (χ2n) is 4.74. The van der Waals surface area contributed by atoms with Crippen LogP contribution >= 0.6 is 0 Å². The van der Waals surface area contributed by atoms with Crippen LogP contribution in [0.2, 0.25) is 0 Å². The largest absolute Gasteiger partial charge is 0.370 e. The first-order valence-corrected chi connectivity index (χ1v) is 7.02. The Morgan fingerprint density at radius 3 is 2.90 bits per heavy atom. The molecule has 0 aliphatic carbocycles. The van der Waals surface area contributed by atoms with Gasteiger partial charge in [-0.05, 0) is 19.4 Å². The van der Waals surface area contributed by atoms with E-state index in [1.54, 1.807) is 11.0 Å².